The summed E-state index contributed by atoms with van der Waals surface area (Å²) in [6.07, 6.45) is 0.805. The van der Waals surface area contributed by atoms with Crippen LogP contribution in [-0.4, -0.2) is 49.6 Å². The van der Waals surface area contributed by atoms with Gasteiger partial charge in [-0.3, -0.25) is 19.7 Å². The molecule has 1 aromatic rings. The maximum absolute atomic E-state index is 12.1. The summed E-state index contributed by atoms with van der Waals surface area (Å²) in [4.78, 5) is 46.8. The molecule has 0 aliphatic carbocycles. The van der Waals surface area contributed by atoms with Crippen molar-refractivity contribution in [1.82, 2.24) is 16.0 Å². The lowest BCUT2D eigenvalue weighted by atomic mass is 10.2. The Morgan fingerprint density at radius 3 is 2.32 bits per heavy atom. The number of hydrogen-bond acceptors (Lipinski definition) is 6. The summed E-state index contributed by atoms with van der Waals surface area (Å²) >= 11 is 0. The van der Waals surface area contributed by atoms with Gasteiger partial charge in [0.25, 0.3) is 11.8 Å². The topological polar surface area (TPSA) is 123 Å². The molecule has 1 rings (SSSR count). The number of imide groups is 1. The molecule has 1 atom stereocenters. The molecule has 154 valence electrons. The number of carbonyl (C=O) groups is 4. The summed E-state index contributed by atoms with van der Waals surface area (Å²) in [7, 11) is 0. The van der Waals surface area contributed by atoms with Gasteiger partial charge < -0.3 is 20.1 Å². The van der Waals surface area contributed by atoms with E-state index in [9.17, 15) is 19.2 Å². The van der Waals surface area contributed by atoms with Crippen molar-refractivity contribution in [3.63, 3.8) is 0 Å². The lowest BCUT2D eigenvalue weighted by Gasteiger charge is -2.13. The van der Waals surface area contributed by atoms with Gasteiger partial charge in [0.05, 0.1) is 6.61 Å². The predicted octanol–water partition coefficient (Wildman–Crippen LogP) is 1.37. The van der Waals surface area contributed by atoms with Crippen molar-refractivity contribution < 1.29 is 28.7 Å². The molecule has 0 aromatic heterocycles. The van der Waals surface area contributed by atoms with E-state index in [4.69, 9.17) is 9.47 Å². The minimum absolute atomic E-state index is 0.352. The average molecular weight is 393 g/mol. The SMILES string of the molecule is CCCCOc1ccc(C(=O)NCC(=O)O[C@@H](C)C(=O)NC(=O)NCC)cc1. The molecule has 0 spiro atoms. The maximum Gasteiger partial charge on any atom is 0.326 e. The standard InChI is InChI=1S/C19H27N3O6/c1-4-6-11-27-15-9-7-14(8-10-15)18(25)21-12-16(23)28-13(3)17(24)22-19(26)20-5-2/h7-10,13H,4-6,11-12H2,1-3H3,(H,21,25)(H2,20,22,24,26)/t13-/m0/s1. The molecule has 0 heterocycles. The van der Waals surface area contributed by atoms with E-state index in [2.05, 4.69) is 17.6 Å². The van der Waals surface area contributed by atoms with Crippen molar-refractivity contribution in [2.75, 3.05) is 19.7 Å². The first-order chi connectivity index (χ1) is 13.4. The molecule has 0 radical (unpaired) electrons. The molecule has 0 aliphatic heterocycles. The lowest BCUT2D eigenvalue weighted by molar-refractivity contribution is -0.153. The van der Waals surface area contributed by atoms with Gasteiger partial charge in [-0.1, -0.05) is 13.3 Å². The highest BCUT2D eigenvalue weighted by Crippen LogP contribution is 2.12. The molecule has 3 N–H and O–H groups in total. The Morgan fingerprint density at radius 2 is 1.71 bits per heavy atom. The van der Waals surface area contributed by atoms with E-state index in [1.54, 1.807) is 31.2 Å². The molecule has 0 fully saturated rings. The van der Waals surface area contributed by atoms with Crippen molar-refractivity contribution in [2.24, 2.45) is 0 Å². The molecule has 9 heteroatoms. The molecule has 0 saturated carbocycles. The summed E-state index contributed by atoms with van der Waals surface area (Å²) < 4.78 is 10.4. The van der Waals surface area contributed by atoms with E-state index >= 15 is 0 Å². The van der Waals surface area contributed by atoms with E-state index in [1.165, 1.54) is 6.92 Å². The second-order valence-electron chi connectivity index (χ2n) is 5.89. The van der Waals surface area contributed by atoms with Crippen LogP contribution in [0.15, 0.2) is 24.3 Å². The quantitative estimate of drug-likeness (QED) is 0.408. The van der Waals surface area contributed by atoms with E-state index in [1.807, 2.05) is 5.32 Å². The van der Waals surface area contributed by atoms with Crippen LogP contribution in [0, 0.1) is 0 Å². The lowest BCUT2D eigenvalue weighted by Crippen LogP contribution is -2.45. The molecular formula is C19H27N3O6. The third-order valence-corrected chi connectivity index (χ3v) is 3.53. The maximum atomic E-state index is 12.1. The first kappa shape index (κ1) is 22.9. The van der Waals surface area contributed by atoms with E-state index in [-0.39, 0.29) is 0 Å². The summed E-state index contributed by atoms with van der Waals surface area (Å²) in [6, 6.07) is 5.85. The van der Waals surface area contributed by atoms with Crippen molar-refractivity contribution in [1.29, 1.82) is 0 Å². The van der Waals surface area contributed by atoms with Crippen LogP contribution in [0.5, 0.6) is 5.75 Å². The van der Waals surface area contributed by atoms with Crippen LogP contribution in [-0.2, 0) is 14.3 Å². The highest BCUT2D eigenvalue weighted by Gasteiger charge is 2.20. The molecule has 4 amide bonds. The molecule has 0 saturated heterocycles. The zero-order valence-corrected chi connectivity index (χ0v) is 16.4. The molecule has 0 bridgehead atoms. The van der Waals surface area contributed by atoms with Crippen molar-refractivity contribution >= 4 is 23.8 Å². The van der Waals surface area contributed by atoms with Gasteiger partial charge in [-0.05, 0) is 44.5 Å². The first-order valence-corrected chi connectivity index (χ1v) is 9.16. The Labute approximate surface area is 164 Å². The fraction of sp³-hybridized carbons (Fsp3) is 0.474. The van der Waals surface area contributed by atoms with Crippen LogP contribution in [0.25, 0.3) is 0 Å². The number of urea groups is 1. The van der Waals surface area contributed by atoms with Gasteiger partial charge in [-0.2, -0.15) is 0 Å². The Bertz CT molecular complexity index is 675. The van der Waals surface area contributed by atoms with Crippen LogP contribution in [0.3, 0.4) is 0 Å². The Hall–Kier alpha value is -3.10. The number of rotatable bonds is 10. The predicted molar refractivity (Wildman–Crippen MR) is 102 cm³/mol. The van der Waals surface area contributed by atoms with Crippen LogP contribution in [0.4, 0.5) is 4.79 Å². The monoisotopic (exact) mass is 393 g/mol. The highest BCUT2D eigenvalue weighted by atomic mass is 16.5. The van der Waals surface area contributed by atoms with Gasteiger partial charge in [0.15, 0.2) is 6.10 Å². The third kappa shape index (κ3) is 8.52. The molecular weight excluding hydrogens is 366 g/mol. The average Bonchev–Trinajstić information content (AvgIpc) is 2.67. The number of nitrogens with one attached hydrogen (secondary N) is 3. The van der Waals surface area contributed by atoms with Crippen LogP contribution >= 0.6 is 0 Å². The number of amides is 4. The van der Waals surface area contributed by atoms with Gasteiger partial charge >= 0.3 is 12.0 Å². The number of hydrogen-bond donors (Lipinski definition) is 3. The van der Waals surface area contributed by atoms with Crippen LogP contribution < -0.4 is 20.7 Å². The number of benzene rings is 1. The van der Waals surface area contributed by atoms with E-state index < -0.39 is 36.5 Å². The zero-order valence-electron chi connectivity index (χ0n) is 16.4. The molecule has 0 aliphatic rings. The molecule has 28 heavy (non-hydrogen) atoms. The van der Waals surface area contributed by atoms with Crippen molar-refractivity contribution in [3.8, 4) is 5.75 Å². The Kier molecular flexibility index (Phi) is 10.1. The van der Waals surface area contributed by atoms with Gasteiger partial charge in [-0.15, -0.1) is 0 Å². The van der Waals surface area contributed by atoms with Crippen molar-refractivity contribution in [3.05, 3.63) is 29.8 Å². The van der Waals surface area contributed by atoms with Gasteiger partial charge in [0.1, 0.15) is 12.3 Å². The summed E-state index contributed by atoms with van der Waals surface area (Å²) in [6.45, 7) is 5.64. The summed E-state index contributed by atoms with van der Waals surface area (Å²) in [5.74, 6) is -1.36. The third-order valence-electron chi connectivity index (χ3n) is 3.53. The fourth-order valence-electron chi connectivity index (χ4n) is 2.00. The second-order valence-corrected chi connectivity index (χ2v) is 5.89. The van der Waals surface area contributed by atoms with Gasteiger partial charge in [0, 0.05) is 12.1 Å². The summed E-state index contributed by atoms with van der Waals surface area (Å²) in [5.41, 5.74) is 0.359. The zero-order chi connectivity index (χ0) is 20.9. The number of unbranched alkanes of at least 4 members (excludes halogenated alkanes) is 1. The Morgan fingerprint density at radius 1 is 1.04 bits per heavy atom. The smallest absolute Gasteiger partial charge is 0.326 e. The number of carbonyl (C=O) groups excluding carboxylic acids is 4. The minimum Gasteiger partial charge on any atom is -0.494 e. The highest BCUT2D eigenvalue weighted by molar-refractivity contribution is 5.98. The van der Waals surface area contributed by atoms with E-state index in [0.29, 0.717) is 24.5 Å². The second kappa shape index (κ2) is 12.3. The molecule has 9 nitrogen and oxygen atoms in total. The van der Waals surface area contributed by atoms with Crippen molar-refractivity contribution in [2.45, 2.75) is 39.7 Å². The van der Waals surface area contributed by atoms with Gasteiger partial charge in [0.2, 0.25) is 0 Å². The molecule has 1 aromatic carbocycles. The summed E-state index contributed by atoms with van der Waals surface area (Å²) in [5, 5.41) is 6.83. The van der Waals surface area contributed by atoms with E-state index in [0.717, 1.165) is 12.8 Å². The Balaban J connectivity index is 2.40. The molecule has 0 unspecified atom stereocenters. The normalized spacial score (nSPS) is 11.1. The largest absolute Gasteiger partial charge is 0.494 e. The van der Waals surface area contributed by atoms with Crippen LogP contribution in [0.1, 0.15) is 44.0 Å². The number of esters is 1. The van der Waals surface area contributed by atoms with Gasteiger partial charge in [-0.25, -0.2) is 4.79 Å². The fourth-order valence-corrected chi connectivity index (χ4v) is 2.00. The minimum atomic E-state index is -1.17. The first-order valence-electron chi connectivity index (χ1n) is 9.16. The number of ether oxygens (including phenoxy) is 2. The van der Waals surface area contributed by atoms with Crippen LogP contribution in [0.2, 0.25) is 0 Å².